The highest BCUT2D eigenvalue weighted by Gasteiger charge is 2.16. The lowest BCUT2D eigenvalue weighted by Gasteiger charge is -2.14. The van der Waals surface area contributed by atoms with Crippen molar-refractivity contribution in [3.05, 3.63) is 54.2 Å². The second-order valence-electron chi connectivity index (χ2n) is 6.62. The van der Waals surface area contributed by atoms with Gasteiger partial charge >= 0.3 is 12.1 Å². The van der Waals surface area contributed by atoms with E-state index in [1.165, 1.54) is 7.11 Å². The molecule has 0 saturated carbocycles. The quantitative estimate of drug-likeness (QED) is 0.432. The highest BCUT2D eigenvalue weighted by Crippen LogP contribution is 2.24. The second-order valence-corrected chi connectivity index (χ2v) is 6.62. The summed E-state index contributed by atoms with van der Waals surface area (Å²) < 4.78 is 20.8. The van der Waals surface area contributed by atoms with Gasteiger partial charge in [-0.1, -0.05) is 6.07 Å². The number of nitrogens with one attached hydrogen (secondary N) is 1. The van der Waals surface area contributed by atoms with Gasteiger partial charge in [0.05, 0.1) is 30.9 Å². The Bertz CT molecular complexity index is 1050. The first-order valence-electron chi connectivity index (χ1n) is 9.61. The molecule has 0 spiro atoms. The summed E-state index contributed by atoms with van der Waals surface area (Å²) in [7, 11) is 1.25. The van der Waals surface area contributed by atoms with Gasteiger partial charge in [-0.05, 0) is 55.8 Å². The van der Waals surface area contributed by atoms with E-state index in [1.54, 1.807) is 37.4 Å². The molecule has 162 valence electrons. The summed E-state index contributed by atoms with van der Waals surface area (Å²) in [6.45, 7) is 3.74. The van der Waals surface area contributed by atoms with Crippen molar-refractivity contribution in [3.63, 3.8) is 0 Å². The number of nitrogens with zero attached hydrogens (tertiary/aromatic N) is 2. The van der Waals surface area contributed by atoms with Gasteiger partial charge in [0.2, 0.25) is 5.88 Å². The molecular weight excluding hydrogens is 402 g/mol. The Morgan fingerprint density at radius 1 is 1.06 bits per heavy atom. The lowest BCUT2D eigenvalue weighted by molar-refractivity contribution is -0.150. The Kier molecular flexibility index (Phi) is 7.21. The zero-order chi connectivity index (χ0) is 22.2. The molecule has 0 bridgehead atoms. The van der Waals surface area contributed by atoms with Crippen LogP contribution in [0.15, 0.2) is 48.7 Å². The third-order valence-corrected chi connectivity index (χ3v) is 4.17. The Labute approximate surface area is 179 Å². The number of carbonyl (C=O) groups is 2. The lowest BCUT2D eigenvalue weighted by Crippen LogP contribution is -2.31. The fraction of sp³-hybridized carbons (Fsp3) is 0.273. The first-order valence-corrected chi connectivity index (χ1v) is 9.61. The van der Waals surface area contributed by atoms with Gasteiger partial charge in [0.15, 0.2) is 6.10 Å². The van der Waals surface area contributed by atoms with Gasteiger partial charge in [-0.3, -0.25) is 0 Å². The van der Waals surface area contributed by atoms with E-state index in [0.29, 0.717) is 17.4 Å². The summed E-state index contributed by atoms with van der Waals surface area (Å²) in [5.74, 6) is 0.859. The number of alkyl carbamates (subject to hydrolysis) is 1. The second kappa shape index (κ2) is 10.2. The first kappa shape index (κ1) is 21.8. The Morgan fingerprint density at radius 3 is 2.55 bits per heavy atom. The Morgan fingerprint density at radius 2 is 1.81 bits per heavy atom. The van der Waals surface area contributed by atoms with E-state index in [1.807, 2.05) is 25.1 Å². The fourth-order valence-electron chi connectivity index (χ4n) is 2.61. The maximum absolute atomic E-state index is 12.0. The van der Waals surface area contributed by atoms with Crippen LogP contribution in [0.1, 0.15) is 12.5 Å². The molecule has 2 aromatic carbocycles. The van der Waals surface area contributed by atoms with Crippen LogP contribution in [-0.2, 0) is 14.3 Å². The van der Waals surface area contributed by atoms with E-state index in [2.05, 4.69) is 20.0 Å². The number of hydrogen-bond acceptors (Lipinski definition) is 8. The van der Waals surface area contributed by atoms with Crippen LogP contribution in [-0.4, -0.2) is 48.4 Å². The van der Waals surface area contributed by atoms with Crippen molar-refractivity contribution in [1.29, 1.82) is 0 Å². The van der Waals surface area contributed by atoms with Crippen LogP contribution in [0.2, 0.25) is 0 Å². The van der Waals surface area contributed by atoms with Gasteiger partial charge in [-0.2, -0.15) is 0 Å². The molecule has 0 radical (unpaired) electrons. The number of hydrogen-bond donors (Lipinski definition) is 1. The molecule has 3 aromatic rings. The zero-order valence-electron chi connectivity index (χ0n) is 17.5. The van der Waals surface area contributed by atoms with Crippen LogP contribution in [0.5, 0.6) is 17.4 Å². The summed E-state index contributed by atoms with van der Waals surface area (Å²) in [6.07, 6.45) is 0.159. The van der Waals surface area contributed by atoms with Crippen molar-refractivity contribution in [3.8, 4) is 17.4 Å². The van der Waals surface area contributed by atoms with Crippen molar-refractivity contribution in [2.24, 2.45) is 0 Å². The molecular formula is C22H23N3O6. The molecule has 1 amide bonds. The number of aromatic nitrogens is 2. The van der Waals surface area contributed by atoms with Crippen molar-refractivity contribution >= 4 is 23.1 Å². The van der Waals surface area contributed by atoms with Crippen LogP contribution < -0.4 is 14.8 Å². The first-order chi connectivity index (χ1) is 14.9. The Hall–Kier alpha value is -3.88. The van der Waals surface area contributed by atoms with Crippen molar-refractivity contribution in [2.45, 2.75) is 20.0 Å². The summed E-state index contributed by atoms with van der Waals surface area (Å²) in [5, 5.41) is 2.41. The smallest absolute Gasteiger partial charge is 0.406 e. The number of methoxy groups -OCH3 is 1. The molecule has 0 aliphatic rings. The monoisotopic (exact) mass is 425 g/mol. The van der Waals surface area contributed by atoms with E-state index in [9.17, 15) is 9.59 Å². The van der Waals surface area contributed by atoms with E-state index in [-0.39, 0.29) is 13.2 Å². The Balaban J connectivity index is 1.51. The highest BCUT2D eigenvalue weighted by atomic mass is 16.6. The number of fused-ring (bicyclic) bond motifs is 1. The number of benzene rings is 2. The predicted octanol–water partition coefficient (Wildman–Crippen LogP) is 3.40. The number of esters is 1. The average Bonchev–Trinajstić information content (AvgIpc) is 2.77. The zero-order valence-corrected chi connectivity index (χ0v) is 17.5. The van der Waals surface area contributed by atoms with Gasteiger partial charge in [-0.15, -0.1) is 0 Å². The van der Waals surface area contributed by atoms with E-state index >= 15 is 0 Å². The molecule has 1 unspecified atom stereocenters. The minimum absolute atomic E-state index is 0.0147. The molecule has 1 heterocycles. The largest absolute Gasteiger partial charge is 0.479 e. The summed E-state index contributed by atoms with van der Waals surface area (Å²) in [6, 6.07) is 12.6. The topological polar surface area (TPSA) is 109 Å². The van der Waals surface area contributed by atoms with Crippen LogP contribution in [0.3, 0.4) is 0 Å². The summed E-state index contributed by atoms with van der Waals surface area (Å²) in [5.41, 5.74) is 2.66. The molecule has 0 fully saturated rings. The van der Waals surface area contributed by atoms with Gasteiger partial charge < -0.3 is 24.3 Å². The minimum Gasteiger partial charge on any atom is -0.479 e. The highest BCUT2D eigenvalue weighted by molar-refractivity contribution is 5.75. The molecule has 1 N–H and O–H groups in total. The van der Waals surface area contributed by atoms with E-state index in [0.717, 1.165) is 16.6 Å². The standard InChI is InChI=1S/C22H23N3O6/c1-14-4-9-18-19(12-14)24-13-20(25-18)31-17-7-5-16(6-8-17)30-15(2)21(26)29-11-10-23-22(27)28-3/h4-9,12-13,15H,10-11H2,1-3H3,(H,23,27). The van der Waals surface area contributed by atoms with E-state index < -0.39 is 18.2 Å². The third kappa shape index (κ3) is 6.30. The van der Waals surface area contributed by atoms with Gasteiger partial charge in [-0.25, -0.2) is 19.6 Å². The molecule has 9 nitrogen and oxygen atoms in total. The van der Waals surface area contributed by atoms with E-state index in [4.69, 9.17) is 14.2 Å². The lowest BCUT2D eigenvalue weighted by atomic mass is 10.2. The minimum atomic E-state index is -0.820. The molecule has 0 saturated heterocycles. The van der Waals surface area contributed by atoms with Crippen LogP contribution in [0.25, 0.3) is 11.0 Å². The SMILES string of the molecule is COC(=O)NCCOC(=O)C(C)Oc1ccc(Oc2cnc3cc(C)ccc3n2)cc1. The van der Waals surface area contributed by atoms with Crippen LogP contribution in [0, 0.1) is 6.92 Å². The number of ether oxygens (including phenoxy) is 4. The molecule has 9 heteroatoms. The van der Waals surface area contributed by atoms with Gasteiger partial charge in [0.1, 0.15) is 18.1 Å². The van der Waals surface area contributed by atoms with Crippen LogP contribution in [0.4, 0.5) is 4.79 Å². The third-order valence-electron chi connectivity index (χ3n) is 4.17. The van der Waals surface area contributed by atoms with Crippen LogP contribution >= 0.6 is 0 Å². The van der Waals surface area contributed by atoms with Crippen molar-refractivity contribution in [2.75, 3.05) is 20.3 Å². The van der Waals surface area contributed by atoms with Crippen molar-refractivity contribution in [1.82, 2.24) is 15.3 Å². The number of carbonyl (C=O) groups excluding carboxylic acids is 2. The maximum Gasteiger partial charge on any atom is 0.406 e. The summed E-state index contributed by atoms with van der Waals surface area (Å²) >= 11 is 0. The maximum atomic E-state index is 12.0. The molecule has 1 aromatic heterocycles. The predicted molar refractivity (Wildman–Crippen MR) is 112 cm³/mol. The average molecular weight is 425 g/mol. The molecule has 3 rings (SSSR count). The molecule has 0 aliphatic carbocycles. The van der Waals surface area contributed by atoms with Crippen molar-refractivity contribution < 1.29 is 28.5 Å². The van der Waals surface area contributed by atoms with Gasteiger partial charge in [0.25, 0.3) is 0 Å². The number of rotatable bonds is 8. The van der Waals surface area contributed by atoms with Gasteiger partial charge in [0, 0.05) is 0 Å². The fourth-order valence-corrected chi connectivity index (χ4v) is 2.61. The normalized spacial score (nSPS) is 11.5. The molecule has 0 aliphatic heterocycles. The molecule has 1 atom stereocenters. The molecule has 31 heavy (non-hydrogen) atoms. The summed E-state index contributed by atoms with van der Waals surface area (Å²) in [4.78, 5) is 31.7. The number of aryl methyl sites for hydroxylation is 1. The number of amides is 1.